The number of thiophene rings is 1. The van der Waals surface area contributed by atoms with Crippen molar-refractivity contribution in [3.8, 4) is 17.6 Å². The third-order valence-electron chi connectivity index (χ3n) is 13.1. The van der Waals surface area contributed by atoms with Gasteiger partial charge in [-0.2, -0.15) is 10.2 Å². The number of likely N-dealkylation sites (tertiary alicyclic amines) is 1. The molecule has 4 aliphatic rings. The molecule has 3 atom stereocenters. The fourth-order valence-corrected chi connectivity index (χ4v) is 11.0. The Bertz CT molecular complexity index is 2510. The number of nitrogens with two attached hydrogens (primary N) is 3. The number of aldehydes is 2. The number of carbonyl (C=O) groups is 3. The topological polar surface area (TPSA) is 275 Å². The number of nitrogens with zero attached hydrogens (tertiary/aromatic N) is 10. The number of carbonyl (C=O) groups excluding carboxylic acids is 3. The number of allylic oxidation sites excluding steroid dienone is 1. The molecule has 418 valence electrons. The molecule has 22 heteroatoms. The molecule has 8 N–H and O–H groups in total. The van der Waals surface area contributed by atoms with Crippen LogP contribution in [-0.4, -0.2) is 148 Å². The summed E-state index contributed by atoms with van der Waals surface area (Å²) in [6.45, 7) is 16.0. The van der Waals surface area contributed by atoms with Crippen molar-refractivity contribution in [3.05, 3.63) is 87.3 Å². The van der Waals surface area contributed by atoms with Crippen LogP contribution >= 0.6 is 23.3 Å². The number of likely N-dealkylation sites (N-methyl/N-ethyl adjacent to an activating group) is 2. The average molecular weight is 1090 g/mol. The maximum atomic E-state index is 11.3. The SMILES string of the molecule is C.CC.CC(C)C(C=O)N(N)/C=C(\N)OCCCCN1CCCN(c2nccc(-c3noc(C4CCCc5sc(N)c(C#N)c54)n3)n2)CC1.CNC(=O)C1CCCN1C.CO.CSN1C(C)=C1c1ccc(CC=O)cc1. The number of hydrogen-bond acceptors (Lipinski definition) is 21. The fraction of sp³-hybridized carbons (Fsp3) is 0.556. The number of unbranched alkanes of at least 4 members (excludes halogenated alkanes) is 1. The first-order valence-corrected chi connectivity index (χ1v) is 27.8. The zero-order chi connectivity index (χ0) is 55.0. The Morgan fingerprint density at radius 1 is 1.07 bits per heavy atom. The highest BCUT2D eigenvalue weighted by atomic mass is 32.2. The monoisotopic (exact) mass is 1090 g/mol. The van der Waals surface area contributed by atoms with Gasteiger partial charge in [0.15, 0.2) is 0 Å². The van der Waals surface area contributed by atoms with Crippen LogP contribution in [0.5, 0.6) is 0 Å². The quantitative estimate of drug-likeness (QED) is 0.0171. The molecule has 4 aromatic rings. The molecule has 20 nitrogen and oxygen atoms in total. The van der Waals surface area contributed by atoms with Crippen LogP contribution in [0.25, 0.3) is 17.2 Å². The van der Waals surface area contributed by atoms with E-state index in [1.54, 1.807) is 31.3 Å². The first kappa shape index (κ1) is 64.2. The van der Waals surface area contributed by atoms with Gasteiger partial charge < -0.3 is 55.5 Å². The van der Waals surface area contributed by atoms with E-state index >= 15 is 0 Å². The lowest BCUT2D eigenvalue weighted by Crippen LogP contribution is -2.42. The zero-order valence-corrected chi connectivity index (χ0v) is 47.0. The molecule has 0 radical (unpaired) electrons. The van der Waals surface area contributed by atoms with Crippen molar-refractivity contribution in [2.24, 2.45) is 17.5 Å². The van der Waals surface area contributed by atoms with Crippen LogP contribution in [-0.2, 0) is 32.0 Å². The molecular formula is C54H84N14O6S2. The number of hydrazine groups is 1. The summed E-state index contributed by atoms with van der Waals surface area (Å²) in [6, 6.07) is 11.9. The summed E-state index contributed by atoms with van der Waals surface area (Å²) in [4.78, 5) is 54.6. The van der Waals surface area contributed by atoms with Gasteiger partial charge in [0.25, 0.3) is 0 Å². The van der Waals surface area contributed by atoms with E-state index in [2.05, 4.69) is 65.8 Å². The third kappa shape index (κ3) is 17.7. The maximum Gasteiger partial charge on any atom is 0.237 e. The molecule has 3 unspecified atom stereocenters. The maximum absolute atomic E-state index is 11.3. The molecule has 0 spiro atoms. The van der Waals surface area contributed by atoms with Crippen molar-refractivity contribution < 1.29 is 28.8 Å². The van der Waals surface area contributed by atoms with Crippen molar-refractivity contribution in [1.29, 1.82) is 5.26 Å². The summed E-state index contributed by atoms with van der Waals surface area (Å²) in [7, 11) is 4.68. The van der Waals surface area contributed by atoms with Crippen LogP contribution in [0.4, 0.5) is 10.9 Å². The summed E-state index contributed by atoms with van der Waals surface area (Å²) in [5, 5.41) is 25.5. The molecule has 1 aliphatic carbocycles. The number of nitrogens with one attached hydrogen (secondary N) is 1. The second-order valence-electron chi connectivity index (χ2n) is 18.3. The number of hydrogen-bond donors (Lipinski definition) is 5. The van der Waals surface area contributed by atoms with Crippen LogP contribution in [0.3, 0.4) is 0 Å². The number of aliphatic hydroxyl groups excluding tert-OH is 1. The van der Waals surface area contributed by atoms with Gasteiger partial charge in [-0.15, -0.1) is 11.3 Å². The van der Waals surface area contributed by atoms with Gasteiger partial charge in [0.2, 0.25) is 29.5 Å². The van der Waals surface area contributed by atoms with Gasteiger partial charge in [0.1, 0.15) is 35.4 Å². The smallest absolute Gasteiger partial charge is 0.237 e. The van der Waals surface area contributed by atoms with Gasteiger partial charge >= 0.3 is 0 Å². The van der Waals surface area contributed by atoms with E-state index in [-0.39, 0.29) is 37.1 Å². The number of ether oxygens (including phenoxy) is 1. The van der Waals surface area contributed by atoms with Crippen molar-refractivity contribution in [1.82, 2.24) is 44.5 Å². The summed E-state index contributed by atoms with van der Waals surface area (Å²) in [5.41, 5.74) is 19.1. The number of rotatable bonds is 18. The Kier molecular flexibility index (Phi) is 28.0. The van der Waals surface area contributed by atoms with Crippen LogP contribution in [0.1, 0.15) is 126 Å². The predicted molar refractivity (Wildman–Crippen MR) is 305 cm³/mol. The normalized spacial score (nSPS) is 17.5. The van der Waals surface area contributed by atoms with E-state index in [4.69, 9.17) is 41.6 Å². The number of nitriles is 1. The minimum atomic E-state index is -0.452. The highest BCUT2D eigenvalue weighted by Gasteiger charge is 2.33. The standard InChI is InChI=1S/C31H43N11O3S.C12H13NOS.C7H14N2O.C2H6.CH4O.CH4/c1-20(2)24(19-43)42(35)18-26(33)44-16-4-3-11-40-12-6-13-41(15-14-40)31-36-10-9-23(37-31)29-38-30(45-39-29)21-7-5-8-25-27(21)22(17-32)28(34)46-25;1-9-12(13(9)15-2)11-5-3-10(4-6-11)7-8-14;1-8-7(10)6-4-3-5-9(6)2;2*1-2;/h9-10,18-21,24H,3-8,11-16,33-35H2,1-2H3;3-6,8H,7H2,1-2H3;6H,3-5H2,1-2H3,(H,8,10);1-2H3;2H,1H3;1H4/b26-18+;;;;;. The summed E-state index contributed by atoms with van der Waals surface area (Å²) in [5.74, 6) is 7.74. The minimum absolute atomic E-state index is 0. The van der Waals surface area contributed by atoms with Gasteiger partial charge in [-0.05, 0) is 120 Å². The number of benzene rings is 1. The molecule has 6 heterocycles. The van der Waals surface area contributed by atoms with Crippen molar-refractivity contribution in [3.63, 3.8) is 0 Å². The third-order valence-corrected chi connectivity index (χ3v) is 15.0. The number of aromatic nitrogens is 4. The van der Waals surface area contributed by atoms with Crippen LogP contribution in [0.2, 0.25) is 0 Å². The number of anilines is 2. The first-order valence-electron chi connectivity index (χ1n) is 25.8. The van der Waals surface area contributed by atoms with E-state index in [1.165, 1.54) is 39.5 Å². The molecule has 8 rings (SSSR count). The van der Waals surface area contributed by atoms with E-state index in [1.807, 2.05) is 46.9 Å². The summed E-state index contributed by atoms with van der Waals surface area (Å²) >= 11 is 3.20. The molecular weight excluding hydrogens is 1000 g/mol. The molecule has 1 amide bonds. The predicted octanol–water partition coefficient (Wildman–Crippen LogP) is 6.78. The number of aryl methyl sites for hydroxylation is 1. The number of aliphatic hydroxyl groups is 1. The Labute approximate surface area is 459 Å². The zero-order valence-electron chi connectivity index (χ0n) is 45.3. The highest BCUT2D eigenvalue weighted by Crippen LogP contribution is 2.46. The van der Waals surface area contributed by atoms with Gasteiger partial charge in [-0.25, -0.2) is 15.8 Å². The van der Waals surface area contributed by atoms with Gasteiger partial charge in [0.05, 0.1) is 41.7 Å². The Morgan fingerprint density at radius 2 is 1.80 bits per heavy atom. The Balaban J connectivity index is 0.000000411. The lowest BCUT2D eigenvalue weighted by atomic mass is 9.85. The first-order chi connectivity index (χ1) is 36.3. The van der Waals surface area contributed by atoms with Crippen molar-refractivity contribution >= 4 is 58.4 Å². The van der Waals surface area contributed by atoms with E-state index in [0.717, 1.165) is 126 Å². The van der Waals surface area contributed by atoms with Crippen LogP contribution in [0, 0.1) is 17.2 Å². The van der Waals surface area contributed by atoms with Crippen molar-refractivity contribution in [2.75, 3.05) is 84.0 Å². The van der Waals surface area contributed by atoms with Gasteiger partial charge in [-0.3, -0.25) is 14.0 Å². The number of fused-ring (bicyclic) bond motifs is 1. The largest absolute Gasteiger partial charge is 0.478 e. The second-order valence-corrected chi connectivity index (χ2v) is 20.1. The Morgan fingerprint density at radius 3 is 2.42 bits per heavy atom. The minimum Gasteiger partial charge on any atom is -0.478 e. The van der Waals surface area contributed by atoms with E-state index in [0.29, 0.717) is 46.9 Å². The van der Waals surface area contributed by atoms with Crippen LogP contribution in [0.15, 0.2) is 58.8 Å². The number of nitrogen functional groups attached to an aromatic ring is 1. The lowest BCUT2D eigenvalue weighted by Gasteiger charge is -2.24. The molecule has 2 fully saturated rings. The number of amides is 1. The molecule has 3 aromatic heterocycles. The van der Waals surface area contributed by atoms with Gasteiger partial charge in [-0.1, -0.05) is 64.5 Å². The van der Waals surface area contributed by atoms with E-state index in [9.17, 15) is 19.6 Å². The molecule has 2 saturated heterocycles. The highest BCUT2D eigenvalue weighted by molar-refractivity contribution is 7.97. The summed E-state index contributed by atoms with van der Waals surface area (Å²) < 4.78 is 13.5. The molecule has 0 bridgehead atoms. The van der Waals surface area contributed by atoms with E-state index < -0.39 is 6.04 Å². The van der Waals surface area contributed by atoms with Crippen LogP contribution < -0.4 is 27.5 Å². The molecule has 3 aliphatic heterocycles. The van der Waals surface area contributed by atoms with Gasteiger partial charge in [0, 0.05) is 63.1 Å². The fourth-order valence-electron chi connectivity index (χ4n) is 9.09. The molecule has 1 aromatic carbocycles. The molecule has 76 heavy (non-hydrogen) atoms. The van der Waals surface area contributed by atoms with Crippen molar-refractivity contribution in [2.45, 2.75) is 118 Å². The second kappa shape index (κ2) is 33.2. The lowest BCUT2D eigenvalue weighted by molar-refractivity contribution is -0.124. The molecule has 0 saturated carbocycles. The summed E-state index contributed by atoms with van der Waals surface area (Å²) in [6.07, 6.45) is 15.2. The average Bonchev–Trinajstić information content (AvgIpc) is 3.68. The Hall–Kier alpha value is -6.09.